The molecule has 0 bridgehead atoms. The maximum absolute atomic E-state index is 14.5. The Labute approximate surface area is 164 Å². The average Bonchev–Trinajstić information content (AvgIpc) is 2.70. The zero-order chi connectivity index (χ0) is 19.5. The molecule has 0 N–H and O–H groups in total. The van der Waals surface area contributed by atoms with Gasteiger partial charge in [-0.25, -0.2) is 9.37 Å². The van der Waals surface area contributed by atoms with Crippen molar-refractivity contribution in [3.05, 3.63) is 65.5 Å². The first kappa shape index (κ1) is 18.7. The Bertz CT molecular complexity index is 1010. The van der Waals surface area contributed by atoms with Crippen LogP contribution in [0.3, 0.4) is 0 Å². The molecule has 0 unspecified atom stereocenters. The quantitative estimate of drug-likeness (QED) is 0.673. The number of morpholine rings is 1. The number of Topliss-reactive ketones (excluding diaryl/α,β-unsaturated/α-hetero) is 1. The van der Waals surface area contributed by atoms with Gasteiger partial charge >= 0.3 is 0 Å². The van der Waals surface area contributed by atoms with Crippen molar-refractivity contribution in [2.45, 2.75) is 19.9 Å². The Morgan fingerprint density at radius 1 is 1.11 bits per heavy atom. The second-order valence-electron chi connectivity index (χ2n) is 7.26. The van der Waals surface area contributed by atoms with Gasteiger partial charge in [-0.2, -0.15) is 0 Å². The molecule has 0 spiro atoms. The zero-order valence-electron chi connectivity index (χ0n) is 16.0. The molecule has 28 heavy (non-hydrogen) atoms. The van der Waals surface area contributed by atoms with Crippen LogP contribution in [0.1, 0.15) is 18.1 Å². The fraction of sp³-hybridized carbons (Fsp3) is 0.304. The topological polar surface area (TPSA) is 42.4 Å². The van der Waals surface area contributed by atoms with E-state index in [1.54, 1.807) is 6.07 Å². The Kier molecular flexibility index (Phi) is 5.46. The van der Waals surface area contributed by atoms with Crippen LogP contribution in [0, 0.1) is 5.82 Å². The Balaban J connectivity index is 1.73. The van der Waals surface area contributed by atoms with E-state index >= 15 is 0 Å². The first-order chi connectivity index (χ1) is 13.6. The lowest BCUT2D eigenvalue weighted by Gasteiger charge is -2.27. The summed E-state index contributed by atoms with van der Waals surface area (Å²) in [6, 6.07) is 15.1. The summed E-state index contributed by atoms with van der Waals surface area (Å²) in [5, 5.41) is 1.12. The third-order valence-electron chi connectivity index (χ3n) is 5.09. The third-order valence-corrected chi connectivity index (χ3v) is 5.09. The minimum absolute atomic E-state index is 0.0525. The smallest absolute Gasteiger partial charge is 0.134 e. The van der Waals surface area contributed by atoms with Crippen LogP contribution in [0.5, 0.6) is 0 Å². The van der Waals surface area contributed by atoms with E-state index in [-0.39, 0.29) is 18.0 Å². The van der Waals surface area contributed by atoms with Gasteiger partial charge in [0.25, 0.3) is 0 Å². The number of hydrogen-bond donors (Lipinski definition) is 0. The fourth-order valence-electron chi connectivity index (χ4n) is 3.64. The summed E-state index contributed by atoms with van der Waals surface area (Å²) in [6.07, 6.45) is 0.111. The van der Waals surface area contributed by atoms with Gasteiger partial charge in [0.2, 0.25) is 0 Å². The van der Waals surface area contributed by atoms with Gasteiger partial charge < -0.3 is 4.74 Å². The number of aromatic nitrogens is 1. The summed E-state index contributed by atoms with van der Waals surface area (Å²) in [5.74, 6) is -0.416. The number of carbonyl (C=O) groups excluding carboxylic acids is 1. The number of carbonyl (C=O) groups is 1. The molecule has 4 rings (SSSR count). The van der Waals surface area contributed by atoms with Crippen molar-refractivity contribution >= 4 is 16.7 Å². The van der Waals surface area contributed by atoms with Gasteiger partial charge in [-0.3, -0.25) is 9.69 Å². The minimum Gasteiger partial charge on any atom is -0.379 e. The van der Waals surface area contributed by atoms with Crippen LogP contribution in [-0.2, 0) is 22.5 Å². The summed E-state index contributed by atoms with van der Waals surface area (Å²) >= 11 is 0. The molecule has 1 aliphatic rings. The van der Waals surface area contributed by atoms with Crippen LogP contribution in [-0.4, -0.2) is 42.0 Å². The molecule has 0 radical (unpaired) electrons. The van der Waals surface area contributed by atoms with E-state index in [2.05, 4.69) is 17.0 Å². The number of hydrogen-bond acceptors (Lipinski definition) is 4. The molecule has 144 valence electrons. The predicted molar refractivity (Wildman–Crippen MR) is 108 cm³/mol. The SMILES string of the molecule is CC(=O)Cc1ccc(-c2cc(CN3CCOCC3)c3ccccc3n2)cc1F. The molecule has 2 heterocycles. The van der Waals surface area contributed by atoms with E-state index in [9.17, 15) is 9.18 Å². The van der Waals surface area contributed by atoms with E-state index < -0.39 is 0 Å². The lowest BCUT2D eigenvalue weighted by molar-refractivity contribution is -0.116. The van der Waals surface area contributed by atoms with Crippen LogP contribution in [0.4, 0.5) is 4.39 Å². The van der Waals surface area contributed by atoms with E-state index in [1.807, 2.05) is 24.3 Å². The molecule has 0 atom stereocenters. The number of halogens is 1. The molecule has 2 aromatic carbocycles. The average molecular weight is 378 g/mol. The molecule has 1 aliphatic heterocycles. The fourth-order valence-corrected chi connectivity index (χ4v) is 3.64. The highest BCUT2D eigenvalue weighted by Gasteiger charge is 2.15. The maximum Gasteiger partial charge on any atom is 0.134 e. The summed E-state index contributed by atoms with van der Waals surface area (Å²) < 4.78 is 19.9. The Hall–Kier alpha value is -2.63. The first-order valence-electron chi connectivity index (χ1n) is 9.57. The number of para-hydroxylation sites is 1. The number of ketones is 1. The molecule has 0 amide bonds. The largest absolute Gasteiger partial charge is 0.379 e. The van der Waals surface area contributed by atoms with Gasteiger partial charge in [0.15, 0.2) is 0 Å². The van der Waals surface area contributed by atoms with Crippen molar-refractivity contribution in [3.63, 3.8) is 0 Å². The number of ether oxygens (including phenoxy) is 1. The highest BCUT2D eigenvalue weighted by molar-refractivity contribution is 5.85. The van der Waals surface area contributed by atoms with E-state index in [0.717, 1.165) is 55.0 Å². The second kappa shape index (κ2) is 8.17. The Morgan fingerprint density at radius 2 is 1.89 bits per heavy atom. The summed E-state index contributed by atoms with van der Waals surface area (Å²) in [4.78, 5) is 18.4. The van der Waals surface area contributed by atoms with Crippen LogP contribution in [0.15, 0.2) is 48.5 Å². The summed E-state index contributed by atoms with van der Waals surface area (Å²) in [7, 11) is 0. The van der Waals surface area contributed by atoms with Gasteiger partial charge in [0.05, 0.1) is 24.4 Å². The van der Waals surface area contributed by atoms with Crippen molar-refractivity contribution in [1.29, 1.82) is 0 Å². The van der Waals surface area contributed by atoms with Gasteiger partial charge in [-0.05, 0) is 36.2 Å². The highest BCUT2D eigenvalue weighted by atomic mass is 19.1. The zero-order valence-corrected chi connectivity index (χ0v) is 16.0. The Morgan fingerprint density at radius 3 is 2.64 bits per heavy atom. The molecule has 4 nitrogen and oxygen atoms in total. The third kappa shape index (κ3) is 4.11. The number of fused-ring (bicyclic) bond motifs is 1. The standard InChI is InChI=1S/C23H23FN2O2/c1-16(27)12-17-6-7-18(13-21(17)24)23-14-19(15-26-8-10-28-11-9-26)20-4-2-3-5-22(20)25-23/h2-7,13-14H,8-12,15H2,1H3. The van der Waals surface area contributed by atoms with Gasteiger partial charge in [0.1, 0.15) is 11.6 Å². The molecule has 1 saturated heterocycles. The molecular formula is C23H23FN2O2. The van der Waals surface area contributed by atoms with Crippen molar-refractivity contribution in [3.8, 4) is 11.3 Å². The molecule has 1 aromatic heterocycles. The normalized spacial score (nSPS) is 15.1. The second-order valence-corrected chi connectivity index (χ2v) is 7.26. The molecule has 1 fully saturated rings. The minimum atomic E-state index is -0.364. The number of pyridine rings is 1. The molecule has 0 saturated carbocycles. The van der Waals surface area contributed by atoms with Crippen molar-refractivity contribution in [1.82, 2.24) is 9.88 Å². The molecule has 0 aliphatic carbocycles. The lowest BCUT2D eigenvalue weighted by Crippen LogP contribution is -2.35. The van der Waals surface area contributed by atoms with Crippen LogP contribution in [0.25, 0.3) is 22.2 Å². The first-order valence-corrected chi connectivity index (χ1v) is 9.57. The molecule has 5 heteroatoms. The van der Waals surface area contributed by atoms with Crippen molar-refractivity contribution < 1.29 is 13.9 Å². The van der Waals surface area contributed by atoms with Gasteiger partial charge in [-0.15, -0.1) is 0 Å². The maximum atomic E-state index is 14.5. The van der Waals surface area contributed by atoms with Crippen molar-refractivity contribution in [2.75, 3.05) is 26.3 Å². The monoisotopic (exact) mass is 378 g/mol. The highest BCUT2D eigenvalue weighted by Crippen LogP contribution is 2.27. The summed E-state index contributed by atoms with van der Waals surface area (Å²) in [6.45, 7) is 5.58. The van der Waals surface area contributed by atoms with E-state index in [4.69, 9.17) is 9.72 Å². The van der Waals surface area contributed by atoms with Crippen LogP contribution >= 0.6 is 0 Å². The number of rotatable bonds is 5. The van der Waals surface area contributed by atoms with Gasteiger partial charge in [-0.1, -0.05) is 30.3 Å². The number of benzene rings is 2. The van der Waals surface area contributed by atoms with E-state index in [1.165, 1.54) is 18.6 Å². The predicted octanol–water partition coefficient (Wildman–Crippen LogP) is 4.00. The molecular weight excluding hydrogens is 355 g/mol. The van der Waals surface area contributed by atoms with Crippen LogP contribution < -0.4 is 0 Å². The van der Waals surface area contributed by atoms with Crippen molar-refractivity contribution in [2.24, 2.45) is 0 Å². The molecule has 3 aromatic rings. The van der Waals surface area contributed by atoms with Crippen LogP contribution in [0.2, 0.25) is 0 Å². The number of nitrogens with zero attached hydrogens (tertiary/aromatic N) is 2. The van der Waals surface area contributed by atoms with Gasteiger partial charge in [0, 0.05) is 37.0 Å². The summed E-state index contributed by atoms with van der Waals surface area (Å²) in [5.41, 5.74) is 3.96. The van der Waals surface area contributed by atoms with E-state index in [0.29, 0.717) is 5.56 Å². The lowest BCUT2D eigenvalue weighted by atomic mass is 10.0.